The van der Waals surface area contributed by atoms with E-state index in [4.69, 9.17) is 0 Å². The molecular weight excluding hydrogens is 292 g/mol. The molecule has 0 saturated carbocycles. The minimum Gasteiger partial charge on any atom is -0.507 e. The quantitative estimate of drug-likeness (QED) is 0.473. The van der Waals surface area contributed by atoms with Gasteiger partial charge in [0.05, 0.1) is 0 Å². The predicted molar refractivity (Wildman–Crippen MR) is 91.9 cm³/mol. The molecule has 0 bridgehead atoms. The Morgan fingerprint density at radius 2 is 1.55 bits per heavy atom. The summed E-state index contributed by atoms with van der Waals surface area (Å²) in [4.78, 5) is 24.3. The second-order valence-electron chi connectivity index (χ2n) is 7.15. The highest BCUT2D eigenvalue weighted by Crippen LogP contribution is 2.30. The Kier molecular flexibility index (Phi) is 5.01. The van der Waals surface area contributed by atoms with E-state index in [2.05, 4.69) is 19.6 Å². The lowest BCUT2D eigenvalue weighted by Crippen LogP contribution is -2.24. The predicted octanol–water partition coefficient (Wildman–Crippen LogP) is 4.62. The summed E-state index contributed by atoms with van der Waals surface area (Å²) < 4.78 is 0. The number of ketones is 2. The molecule has 0 fully saturated rings. The number of benzene rings is 1. The molecule has 22 heavy (non-hydrogen) atoms. The molecule has 0 unspecified atom stereocenters. The minimum absolute atomic E-state index is 0.00889. The highest BCUT2D eigenvalue weighted by Gasteiger charge is 2.31. The average molecular weight is 316 g/mol. The molecule has 0 atom stereocenters. The second-order valence-corrected chi connectivity index (χ2v) is 12.8. The van der Waals surface area contributed by atoms with Crippen LogP contribution in [-0.4, -0.2) is 24.7 Å². The van der Waals surface area contributed by atoms with Crippen molar-refractivity contribution in [2.24, 2.45) is 0 Å². The van der Waals surface area contributed by atoms with E-state index >= 15 is 0 Å². The van der Waals surface area contributed by atoms with Gasteiger partial charge in [-0.25, -0.2) is 0 Å². The first-order valence-corrected chi connectivity index (χ1v) is 11.6. The first-order chi connectivity index (χ1) is 10.3. The van der Waals surface area contributed by atoms with Gasteiger partial charge in [-0.3, -0.25) is 9.59 Å². The summed E-state index contributed by atoms with van der Waals surface area (Å²) in [7, 11) is -1.01. The molecule has 0 aliphatic heterocycles. The largest absolute Gasteiger partial charge is 0.507 e. The number of aliphatic hydroxyl groups is 1. The number of hydrogen-bond donors (Lipinski definition) is 1. The van der Waals surface area contributed by atoms with Gasteiger partial charge >= 0.3 is 0 Å². The minimum atomic E-state index is -1.01. The fraction of sp³-hybridized carbons (Fsp3) is 0.444. The second kappa shape index (κ2) is 6.61. The van der Waals surface area contributed by atoms with Gasteiger partial charge in [0.2, 0.25) is 11.6 Å². The molecule has 2 rings (SSSR count). The van der Waals surface area contributed by atoms with Crippen LogP contribution in [0.5, 0.6) is 0 Å². The van der Waals surface area contributed by atoms with Gasteiger partial charge in [-0.05, 0) is 12.8 Å². The highest BCUT2D eigenvalue weighted by molar-refractivity contribution is 6.76. The summed E-state index contributed by atoms with van der Waals surface area (Å²) in [5.41, 5.74) is 1.09. The van der Waals surface area contributed by atoms with Gasteiger partial charge in [-0.15, -0.1) is 0 Å². The van der Waals surface area contributed by atoms with E-state index in [1.165, 1.54) is 6.04 Å². The topological polar surface area (TPSA) is 54.4 Å². The van der Waals surface area contributed by atoms with Crippen molar-refractivity contribution in [3.05, 3.63) is 41.0 Å². The Hall–Kier alpha value is -1.68. The zero-order valence-corrected chi connectivity index (χ0v) is 14.6. The van der Waals surface area contributed by atoms with Crippen LogP contribution in [0.2, 0.25) is 25.7 Å². The monoisotopic (exact) mass is 316 g/mol. The van der Waals surface area contributed by atoms with Gasteiger partial charge < -0.3 is 5.11 Å². The SMILES string of the molecule is C[Si](C)(C)CCCCCC1=C(O)c2ccccc2C(=O)C1=O. The molecule has 1 aromatic rings. The van der Waals surface area contributed by atoms with E-state index in [0.29, 0.717) is 17.5 Å². The standard InChI is InChI=1S/C18H24O3Si/c1-22(2,3)12-8-4-5-11-15-16(19)13-9-6-7-10-14(13)17(20)18(15)21/h6-7,9-10,19H,4-5,8,11-12H2,1-3H3. The smallest absolute Gasteiger partial charge is 0.234 e. The molecule has 1 N–H and O–H groups in total. The number of rotatable bonds is 6. The number of Topliss-reactive ketones (excluding diaryl/α,β-unsaturated/α-hetero) is 2. The maximum Gasteiger partial charge on any atom is 0.234 e. The molecule has 0 spiro atoms. The van der Waals surface area contributed by atoms with E-state index in [9.17, 15) is 14.7 Å². The van der Waals surface area contributed by atoms with Crippen LogP contribution in [0.15, 0.2) is 29.8 Å². The average Bonchev–Trinajstić information content (AvgIpc) is 2.46. The summed E-state index contributed by atoms with van der Waals surface area (Å²) in [6.07, 6.45) is 3.51. The van der Waals surface area contributed by atoms with Gasteiger partial charge in [0.15, 0.2) is 0 Å². The van der Waals surface area contributed by atoms with E-state index in [0.717, 1.165) is 19.3 Å². The Bertz CT molecular complexity index is 623. The van der Waals surface area contributed by atoms with Crippen molar-refractivity contribution in [3.63, 3.8) is 0 Å². The molecule has 1 aliphatic carbocycles. The first-order valence-electron chi connectivity index (χ1n) is 7.92. The van der Waals surface area contributed by atoms with Crippen molar-refractivity contribution in [3.8, 4) is 0 Å². The van der Waals surface area contributed by atoms with E-state index in [-0.39, 0.29) is 11.3 Å². The number of unbranched alkanes of at least 4 members (excludes halogenated alkanes) is 2. The lowest BCUT2D eigenvalue weighted by Gasteiger charge is -2.18. The Balaban J connectivity index is 2.04. The molecule has 1 aliphatic rings. The summed E-state index contributed by atoms with van der Waals surface area (Å²) in [6, 6.07) is 8.03. The van der Waals surface area contributed by atoms with Crippen LogP contribution >= 0.6 is 0 Å². The summed E-state index contributed by atoms with van der Waals surface area (Å²) in [5, 5.41) is 10.3. The van der Waals surface area contributed by atoms with E-state index < -0.39 is 19.6 Å². The number of carbonyl (C=O) groups is 2. The molecule has 4 heteroatoms. The van der Waals surface area contributed by atoms with Crippen LogP contribution in [0.25, 0.3) is 5.76 Å². The van der Waals surface area contributed by atoms with Crippen molar-refractivity contribution >= 4 is 25.4 Å². The number of carbonyl (C=O) groups excluding carboxylic acids is 2. The van der Waals surface area contributed by atoms with Crippen molar-refractivity contribution in [1.82, 2.24) is 0 Å². The molecule has 1 aromatic carbocycles. The summed E-state index contributed by atoms with van der Waals surface area (Å²) in [6.45, 7) is 7.05. The van der Waals surface area contributed by atoms with E-state index in [1.54, 1.807) is 24.3 Å². The van der Waals surface area contributed by atoms with Crippen LogP contribution in [-0.2, 0) is 4.79 Å². The highest BCUT2D eigenvalue weighted by atomic mass is 28.3. The van der Waals surface area contributed by atoms with Crippen molar-refractivity contribution in [2.75, 3.05) is 0 Å². The van der Waals surface area contributed by atoms with Crippen molar-refractivity contribution < 1.29 is 14.7 Å². The number of aliphatic hydroxyl groups excluding tert-OH is 1. The maximum atomic E-state index is 12.2. The van der Waals surface area contributed by atoms with Crippen molar-refractivity contribution in [2.45, 2.75) is 51.4 Å². The maximum absolute atomic E-state index is 12.2. The molecule has 0 aromatic heterocycles. The van der Waals surface area contributed by atoms with Crippen molar-refractivity contribution in [1.29, 1.82) is 0 Å². The molecule has 0 amide bonds. The zero-order valence-electron chi connectivity index (χ0n) is 13.6. The summed E-state index contributed by atoms with van der Waals surface area (Å²) >= 11 is 0. The normalized spacial score (nSPS) is 15.2. The molecule has 0 radical (unpaired) electrons. The van der Waals surface area contributed by atoms with Crippen LogP contribution in [0, 0.1) is 0 Å². The molecule has 0 heterocycles. The first kappa shape index (κ1) is 16.7. The Morgan fingerprint density at radius 3 is 2.18 bits per heavy atom. The van der Waals surface area contributed by atoms with Gasteiger partial charge in [0.25, 0.3) is 0 Å². The van der Waals surface area contributed by atoms with Crippen LogP contribution in [0.1, 0.15) is 41.6 Å². The Labute approximate surface area is 133 Å². The van der Waals surface area contributed by atoms with Gasteiger partial charge in [0, 0.05) is 24.8 Å². The number of hydrogen-bond acceptors (Lipinski definition) is 3. The van der Waals surface area contributed by atoms with Gasteiger partial charge in [-0.2, -0.15) is 0 Å². The zero-order chi connectivity index (χ0) is 16.3. The van der Waals surface area contributed by atoms with E-state index in [1.807, 2.05) is 0 Å². The fourth-order valence-corrected chi connectivity index (χ4v) is 4.09. The molecular formula is C18H24O3Si. The van der Waals surface area contributed by atoms with Gasteiger partial charge in [0.1, 0.15) is 5.76 Å². The van der Waals surface area contributed by atoms with Gasteiger partial charge in [-0.1, -0.05) is 62.8 Å². The van der Waals surface area contributed by atoms with Crippen LogP contribution < -0.4 is 0 Å². The third-order valence-electron chi connectivity index (χ3n) is 4.05. The summed E-state index contributed by atoms with van der Waals surface area (Å²) in [5.74, 6) is -1.04. The molecule has 0 saturated heterocycles. The van der Waals surface area contributed by atoms with Crippen LogP contribution in [0.3, 0.4) is 0 Å². The fourth-order valence-electron chi connectivity index (χ4n) is 2.78. The molecule has 118 valence electrons. The lowest BCUT2D eigenvalue weighted by atomic mass is 9.86. The number of fused-ring (bicyclic) bond motifs is 1. The Morgan fingerprint density at radius 1 is 0.909 bits per heavy atom. The molecule has 3 nitrogen and oxygen atoms in total. The third-order valence-corrected chi connectivity index (χ3v) is 5.90. The van der Waals surface area contributed by atoms with Crippen LogP contribution in [0.4, 0.5) is 0 Å². The number of allylic oxidation sites excluding steroid dienone is 1. The lowest BCUT2D eigenvalue weighted by molar-refractivity contribution is -0.112. The third kappa shape index (κ3) is 3.74.